The van der Waals surface area contributed by atoms with E-state index in [1.807, 2.05) is 48.5 Å². The lowest BCUT2D eigenvalue weighted by molar-refractivity contribution is 0.363. The molecule has 110 valence electrons. The lowest BCUT2D eigenvalue weighted by Crippen LogP contribution is -2.37. The molecule has 1 unspecified atom stereocenters. The van der Waals surface area contributed by atoms with Gasteiger partial charge in [-0.2, -0.15) is 0 Å². The van der Waals surface area contributed by atoms with E-state index in [9.17, 15) is 0 Å². The second-order valence-corrected chi connectivity index (χ2v) is 5.60. The fraction of sp³-hybridized carbons (Fsp3) is 0.235. The molecule has 0 fully saturated rings. The zero-order chi connectivity index (χ0) is 15.1. The van der Waals surface area contributed by atoms with Crippen LogP contribution in [0.1, 0.15) is 11.6 Å². The summed E-state index contributed by atoms with van der Waals surface area (Å²) in [5, 5.41) is 7.24. The zero-order valence-corrected chi connectivity index (χ0v) is 13.2. The van der Waals surface area contributed by atoms with E-state index in [2.05, 4.69) is 41.8 Å². The normalized spacial score (nSPS) is 12.0. The Balaban J connectivity index is 2.03. The summed E-state index contributed by atoms with van der Waals surface area (Å²) in [4.78, 5) is 2.15. The molecule has 4 heteroatoms. The molecule has 0 aromatic heterocycles. The van der Waals surface area contributed by atoms with Crippen molar-refractivity contribution in [2.75, 3.05) is 26.0 Å². The van der Waals surface area contributed by atoms with Crippen LogP contribution < -0.4 is 10.6 Å². The molecule has 0 aliphatic carbocycles. The molecule has 0 aliphatic rings. The topological polar surface area (TPSA) is 27.3 Å². The molecule has 2 aromatic carbocycles. The minimum absolute atomic E-state index is 0.157. The van der Waals surface area contributed by atoms with Gasteiger partial charge in [-0.05, 0) is 44.0 Å². The molecule has 0 radical (unpaired) electrons. The van der Waals surface area contributed by atoms with Crippen molar-refractivity contribution in [3.8, 4) is 0 Å². The maximum absolute atomic E-state index is 5.42. The number of hydrogen-bond donors (Lipinski definition) is 2. The van der Waals surface area contributed by atoms with Crippen molar-refractivity contribution in [1.82, 2.24) is 10.2 Å². The monoisotopic (exact) mass is 299 g/mol. The van der Waals surface area contributed by atoms with E-state index in [1.165, 1.54) is 5.56 Å². The molecular formula is C17H21N3S. The molecule has 0 heterocycles. The van der Waals surface area contributed by atoms with Gasteiger partial charge in [-0.15, -0.1) is 0 Å². The van der Waals surface area contributed by atoms with Gasteiger partial charge in [0.1, 0.15) is 0 Å². The molecule has 0 saturated heterocycles. The molecule has 0 spiro atoms. The molecular weight excluding hydrogens is 278 g/mol. The molecule has 1 atom stereocenters. The number of nitrogens with one attached hydrogen (secondary N) is 2. The summed E-state index contributed by atoms with van der Waals surface area (Å²) >= 11 is 5.42. The van der Waals surface area contributed by atoms with Crippen LogP contribution in [0.15, 0.2) is 60.7 Å². The highest BCUT2D eigenvalue weighted by atomic mass is 32.1. The third-order valence-electron chi connectivity index (χ3n) is 3.09. The van der Waals surface area contributed by atoms with Gasteiger partial charge in [0.25, 0.3) is 0 Å². The van der Waals surface area contributed by atoms with Crippen LogP contribution in [0.3, 0.4) is 0 Å². The minimum atomic E-state index is 0.157. The van der Waals surface area contributed by atoms with Crippen molar-refractivity contribution in [1.29, 1.82) is 0 Å². The Hall–Kier alpha value is -1.91. The minimum Gasteiger partial charge on any atom is -0.354 e. The first kappa shape index (κ1) is 15.5. The third kappa shape index (κ3) is 5.17. The van der Waals surface area contributed by atoms with Crippen molar-refractivity contribution in [3.63, 3.8) is 0 Å². The number of nitrogens with zero attached hydrogens (tertiary/aromatic N) is 1. The van der Waals surface area contributed by atoms with E-state index >= 15 is 0 Å². The second-order valence-electron chi connectivity index (χ2n) is 5.19. The predicted molar refractivity (Wildman–Crippen MR) is 93.5 cm³/mol. The van der Waals surface area contributed by atoms with Crippen LogP contribution in [-0.4, -0.2) is 30.7 Å². The Kier molecular flexibility index (Phi) is 5.72. The molecule has 0 amide bonds. The van der Waals surface area contributed by atoms with Gasteiger partial charge in [0, 0.05) is 12.2 Å². The van der Waals surface area contributed by atoms with Crippen LogP contribution in [0.2, 0.25) is 0 Å². The average molecular weight is 299 g/mol. The summed E-state index contributed by atoms with van der Waals surface area (Å²) < 4.78 is 0. The van der Waals surface area contributed by atoms with Crippen LogP contribution >= 0.6 is 12.2 Å². The molecule has 0 aliphatic heterocycles. The highest BCUT2D eigenvalue weighted by molar-refractivity contribution is 7.80. The smallest absolute Gasteiger partial charge is 0.171 e. The van der Waals surface area contributed by atoms with E-state index in [1.54, 1.807) is 0 Å². The molecule has 2 rings (SSSR count). The average Bonchev–Trinajstić information content (AvgIpc) is 2.48. The number of hydrogen-bond acceptors (Lipinski definition) is 2. The van der Waals surface area contributed by atoms with E-state index in [4.69, 9.17) is 12.2 Å². The largest absolute Gasteiger partial charge is 0.354 e. The van der Waals surface area contributed by atoms with Crippen molar-refractivity contribution >= 4 is 23.0 Å². The van der Waals surface area contributed by atoms with Gasteiger partial charge >= 0.3 is 0 Å². The molecule has 2 N–H and O–H groups in total. The highest BCUT2D eigenvalue weighted by Crippen LogP contribution is 2.14. The van der Waals surface area contributed by atoms with Crippen molar-refractivity contribution in [2.45, 2.75) is 6.04 Å². The van der Waals surface area contributed by atoms with Gasteiger partial charge in [0.2, 0.25) is 0 Å². The summed E-state index contributed by atoms with van der Waals surface area (Å²) in [5.74, 6) is 0. The maximum Gasteiger partial charge on any atom is 0.171 e. The van der Waals surface area contributed by atoms with Crippen LogP contribution in [0, 0.1) is 0 Å². The van der Waals surface area contributed by atoms with Crippen LogP contribution in [0.4, 0.5) is 5.69 Å². The number of benzene rings is 2. The zero-order valence-electron chi connectivity index (χ0n) is 12.4. The van der Waals surface area contributed by atoms with Crippen molar-refractivity contribution < 1.29 is 0 Å². The maximum atomic E-state index is 5.42. The van der Waals surface area contributed by atoms with Crippen LogP contribution in [-0.2, 0) is 0 Å². The first-order valence-electron chi connectivity index (χ1n) is 6.97. The second kappa shape index (κ2) is 7.76. The Morgan fingerprint density at radius 1 is 1.00 bits per heavy atom. The number of anilines is 1. The fourth-order valence-electron chi connectivity index (χ4n) is 2.13. The lowest BCUT2D eigenvalue weighted by Gasteiger charge is -2.24. The summed E-state index contributed by atoms with van der Waals surface area (Å²) in [6.45, 7) is 0.876. The van der Waals surface area contributed by atoms with Gasteiger partial charge in [-0.1, -0.05) is 48.5 Å². The summed E-state index contributed by atoms with van der Waals surface area (Å²) in [6.07, 6.45) is 0. The standard InChI is InChI=1S/C17H21N3S/c1-20(2)13-16(14-9-5-3-6-10-14)19-17(21)18-15-11-7-4-8-12-15/h3-12,16H,13H2,1-2H3,(H2,18,19,21). The van der Waals surface area contributed by atoms with Gasteiger partial charge in [-0.25, -0.2) is 0 Å². The molecule has 0 saturated carbocycles. The van der Waals surface area contributed by atoms with Crippen molar-refractivity contribution in [3.05, 3.63) is 66.2 Å². The Morgan fingerprint density at radius 3 is 2.14 bits per heavy atom. The van der Waals surface area contributed by atoms with Crippen molar-refractivity contribution in [2.24, 2.45) is 0 Å². The van der Waals surface area contributed by atoms with Gasteiger partial charge in [0.05, 0.1) is 6.04 Å². The lowest BCUT2D eigenvalue weighted by atomic mass is 10.1. The third-order valence-corrected chi connectivity index (χ3v) is 3.31. The Morgan fingerprint density at radius 2 is 1.57 bits per heavy atom. The fourth-order valence-corrected chi connectivity index (χ4v) is 2.39. The van der Waals surface area contributed by atoms with Gasteiger partial charge in [-0.3, -0.25) is 0 Å². The quantitative estimate of drug-likeness (QED) is 0.829. The predicted octanol–water partition coefficient (Wildman–Crippen LogP) is 3.28. The first-order chi connectivity index (χ1) is 10.1. The first-order valence-corrected chi connectivity index (χ1v) is 7.38. The summed E-state index contributed by atoms with van der Waals surface area (Å²) in [6, 6.07) is 20.5. The Bertz CT molecular complexity index is 555. The van der Waals surface area contributed by atoms with Gasteiger partial charge in [0.15, 0.2) is 5.11 Å². The summed E-state index contributed by atoms with van der Waals surface area (Å²) in [7, 11) is 4.12. The van der Waals surface area contributed by atoms with E-state index in [0.717, 1.165) is 12.2 Å². The van der Waals surface area contributed by atoms with Crippen LogP contribution in [0.25, 0.3) is 0 Å². The van der Waals surface area contributed by atoms with Gasteiger partial charge < -0.3 is 15.5 Å². The molecule has 21 heavy (non-hydrogen) atoms. The molecule has 2 aromatic rings. The number of thiocarbonyl (C=S) groups is 1. The Labute approximate surface area is 132 Å². The van der Waals surface area contributed by atoms with Crippen LogP contribution in [0.5, 0.6) is 0 Å². The summed E-state index contributed by atoms with van der Waals surface area (Å²) in [5.41, 5.74) is 2.22. The van der Waals surface area contributed by atoms with E-state index < -0.39 is 0 Å². The molecule has 0 bridgehead atoms. The molecule has 3 nitrogen and oxygen atoms in total. The SMILES string of the molecule is CN(C)CC(NC(=S)Nc1ccccc1)c1ccccc1. The highest BCUT2D eigenvalue weighted by Gasteiger charge is 2.13. The number of para-hydroxylation sites is 1. The number of rotatable bonds is 5. The van der Waals surface area contributed by atoms with E-state index in [0.29, 0.717) is 5.11 Å². The van der Waals surface area contributed by atoms with E-state index in [-0.39, 0.29) is 6.04 Å². The number of likely N-dealkylation sites (N-methyl/N-ethyl adjacent to an activating group) is 1.